The summed E-state index contributed by atoms with van der Waals surface area (Å²) >= 11 is 0. The number of benzene rings is 1. The van der Waals surface area contributed by atoms with Gasteiger partial charge in [-0.25, -0.2) is 14.5 Å². The van der Waals surface area contributed by atoms with Gasteiger partial charge in [-0.3, -0.25) is 0 Å². The van der Waals surface area contributed by atoms with Crippen molar-refractivity contribution in [2.24, 2.45) is 0 Å². The molecule has 0 fully saturated rings. The van der Waals surface area contributed by atoms with Gasteiger partial charge in [-0.2, -0.15) is 5.10 Å². The second-order valence-corrected chi connectivity index (χ2v) is 4.79. The lowest BCUT2D eigenvalue weighted by molar-refractivity contribution is 0.569. The first-order chi connectivity index (χ1) is 10.3. The van der Waals surface area contributed by atoms with Crippen molar-refractivity contribution < 1.29 is 4.42 Å². The fraction of sp³-hybridized carbons (Fsp3) is 0.0625. The van der Waals surface area contributed by atoms with Crippen molar-refractivity contribution in [2.75, 3.05) is 0 Å². The molecular weight excluding hydrogens is 266 g/mol. The van der Waals surface area contributed by atoms with Crippen molar-refractivity contribution in [3.63, 3.8) is 0 Å². The maximum Gasteiger partial charge on any atom is 0.347 e. The largest absolute Gasteiger partial charge is 0.422 e. The van der Waals surface area contributed by atoms with E-state index in [1.165, 1.54) is 0 Å². The summed E-state index contributed by atoms with van der Waals surface area (Å²) in [5.74, 6) is 0.673. The lowest BCUT2D eigenvalue weighted by Crippen LogP contribution is -2.02. The topological polar surface area (TPSA) is 60.9 Å². The molecule has 0 aliphatic heterocycles. The van der Waals surface area contributed by atoms with Crippen LogP contribution in [0.1, 0.15) is 5.69 Å². The zero-order valence-corrected chi connectivity index (χ0v) is 11.3. The Morgan fingerprint density at radius 3 is 2.71 bits per heavy atom. The molecular formula is C16H11N3O2. The molecule has 0 unspecified atom stereocenters. The molecule has 4 rings (SSSR count). The van der Waals surface area contributed by atoms with Crippen molar-refractivity contribution >= 4 is 21.9 Å². The second-order valence-electron chi connectivity index (χ2n) is 4.79. The van der Waals surface area contributed by atoms with Crippen LogP contribution in [0.2, 0.25) is 0 Å². The average Bonchev–Trinajstić information content (AvgIpc) is 2.87. The van der Waals surface area contributed by atoms with Gasteiger partial charge in [0, 0.05) is 11.6 Å². The van der Waals surface area contributed by atoms with Gasteiger partial charge in [0.1, 0.15) is 11.0 Å². The summed E-state index contributed by atoms with van der Waals surface area (Å²) in [6, 6.07) is 13.0. The Hall–Kier alpha value is -2.95. The predicted molar refractivity (Wildman–Crippen MR) is 79.6 cm³/mol. The molecule has 1 aromatic carbocycles. The quantitative estimate of drug-likeness (QED) is 0.502. The molecule has 0 N–H and O–H groups in total. The van der Waals surface area contributed by atoms with Gasteiger partial charge in [-0.05, 0) is 31.2 Å². The number of fused-ring (bicyclic) bond motifs is 3. The van der Waals surface area contributed by atoms with E-state index in [0.717, 1.165) is 10.9 Å². The summed E-state index contributed by atoms with van der Waals surface area (Å²) < 4.78 is 7.07. The fourth-order valence-corrected chi connectivity index (χ4v) is 2.57. The van der Waals surface area contributed by atoms with Gasteiger partial charge < -0.3 is 4.42 Å². The first-order valence-corrected chi connectivity index (χ1v) is 6.58. The molecule has 5 heteroatoms. The van der Waals surface area contributed by atoms with Gasteiger partial charge in [0.15, 0.2) is 5.82 Å². The molecule has 0 saturated carbocycles. The van der Waals surface area contributed by atoms with Crippen molar-refractivity contribution in [1.29, 1.82) is 0 Å². The Bertz CT molecular complexity index is 1020. The van der Waals surface area contributed by atoms with E-state index >= 15 is 0 Å². The molecule has 5 nitrogen and oxygen atoms in total. The van der Waals surface area contributed by atoms with Crippen molar-refractivity contribution in [3.05, 3.63) is 64.8 Å². The van der Waals surface area contributed by atoms with Crippen LogP contribution >= 0.6 is 0 Å². The molecule has 0 bridgehead atoms. The minimum absolute atomic E-state index is 0.372. The number of aromatic nitrogens is 3. The number of nitrogens with zero attached hydrogens (tertiary/aromatic N) is 3. The normalized spacial score (nSPS) is 11.3. The van der Waals surface area contributed by atoms with E-state index < -0.39 is 0 Å². The van der Waals surface area contributed by atoms with Crippen LogP contribution in [0, 0.1) is 6.92 Å². The van der Waals surface area contributed by atoms with E-state index in [1.54, 1.807) is 23.9 Å². The molecule has 0 atom stereocenters. The predicted octanol–water partition coefficient (Wildman–Crippen LogP) is 2.84. The van der Waals surface area contributed by atoms with Gasteiger partial charge in [0.2, 0.25) is 0 Å². The van der Waals surface area contributed by atoms with Gasteiger partial charge in [-0.1, -0.05) is 18.2 Å². The Labute approximate surface area is 119 Å². The monoisotopic (exact) mass is 277 g/mol. The number of hydrogen-bond donors (Lipinski definition) is 0. The van der Waals surface area contributed by atoms with E-state index in [9.17, 15) is 4.79 Å². The first kappa shape index (κ1) is 11.8. The van der Waals surface area contributed by atoms with Crippen LogP contribution in [-0.2, 0) is 0 Å². The second kappa shape index (κ2) is 4.28. The molecule has 102 valence electrons. The van der Waals surface area contributed by atoms with Crippen molar-refractivity contribution in [1.82, 2.24) is 14.8 Å². The Kier molecular flexibility index (Phi) is 2.41. The summed E-state index contributed by atoms with van der Waals surface area (Å²) in [6.45, 7) is 1.80. The van der Waals surface area contributed by atoms with E-state index in [1.807, 2.05) is 36.4 Å². The van der Waals surface area contributed by atoms with E-state index in [-0.39, 0.29) is 5.63 Å². The lowest BCUT2D eigenvalue weighted by atomic mass is 10.1. The minimum atomic E-state index is -0.372. The van der Waals surface area contributed by atoms with Crippen LogP contribution in [0.15, 0.2) is 57.9 Å². The molecule has 0 spiro atoms. The Morgan fingerprint density at radius 1 is 1.10 bits per heavy atom. The minimum Gasteiger partial charge on any atom is -0.422 e. The van der Waals surface area contributed by atoms with Gasteiger partial charge in [0.25, 0.3) is 0 Å². The van der Waals surface area contributed by atoms with Crippen LogP contribution in [0.5, 0.6) is 0 Å². The highest BCUT2D eigenvalue weighted by Crippen LogP contribution is 2.26. The highest BCUT2D eigenvalue weighted by molar-refractivity contribution is 6.03. The number of pyridine rings is 1. The fourth-order valence-electron chi connectivity index (χ4n) is 2.57. The van der Waals surface area contributed by atoms with Gasteiger partial charge >= 0.3 is 5.63 Å². The lowest BCUT2D eigenvalue weighted by Gasteiger charge is -2.04. The summed E-state index contributed by atoms with van der Waals surface area (Å²) in [5.41, 5.74) is 1.55. The molecule has 4 aromatic rings. The third kappa shape index (κ3) is 1.67. The summed E-state index contributed by atoms with van der Waals surface area (Å²) in [7, 11) is 0. The molecule has 3 aromatic heterocycles. The van der Waals surface area contributed by atoms with E-state index in [0.29, 0.717) is 22.5 Å². The molecule has 0 aliphatic carbocycles. The van der Waals surface area contributed by atoms with E-state index in [4.69, 9.17) is 4.42 Å². The number of para-hydroxylation sites is 1. The Balaban J connectivity index is 2.26. The van der Waals surface area contributed by atoms with Crippen LogP contribution in [-0.4, -0.2) is 14.8 Å². The van der Waals surface area contributed by atoms with E-state index in [2.05, 4.69) is 10.1 Å². The standard InChI is InChI=1S/C16H11N3O2/c1-10-14-15(19(18-10)13-8-4-5-9-17-13)11-6-2-3-7-12(11)21-16(14)20/h2-9H,1H3. The highest BCUT2D eigenvalue weighted by Gasteiger charge is 2.17. The van der Waals surface area contributed by atoms with Crippen LogP contribution in [0.25, 0.3) is 27.7 Å². The SMILES string of the molecule is Cc1nn(-c2ccccn2)c2c1c(=O)oc1ccccc12. The van der Waals surface area contributed by atoms with Gasteiger partial charge in [0.05, 0.1) is 11.2 Å². The molecule has 0 aliphatic rings. The summed E-state index contributed by atoms with van der Waals surface area (Å²) in [5, 5.41) is 5.81. The summed E-state index contributed by atoms with van der Waals surface area (Å²) in [6.07, 6.45) is 1.70. The number of hydrogen-bond acceptors (Lipinski definition) is 4. The van der Waals surface area contributed by atoms with Crippen molar-refractivity contribution in [2.45, 2.75) is 6.92 Å². The zero-order valence-electron chi connectivity index (χ0n) is 11.3. The molecule has 0 radical (unpaired) electrons. The zero-order chi connectivity index (χ0) is 14.4. The molecule has 0 amide bonds. The van der Waals surface area contributed by atoms with Crippen LogP contribution < -0.4 is 5.63 Å². The van der Waals surface area contributed by atoms with Crippen LogP contribution in [0.3, 0.4) is 0 Å². The smallest absolute Gasteiger partial charge is 0.347 e. The highest BCUT2D eigenvalue weighted by atomic mass is 16.4. The van der Waals surface area contributed by atoms with Crippen molar-refractivity contribution in [3.8, 4) is 5.82 Å². The Morgan fingerprint density at radius 2 is 1.90 bits per heavy atom. The third-order valence-electron chi connectivity index (χ3n) is 3.48. The number of rotatable bonds is 1. The molecule has 21 heavy (non-hydrogen) atoms. The third-order valence-corrected chi connectivity index (χ3v) is 3.48. The molecule has 0 saturated heterocycles. The summed E-state index contributed by atoms with van der Waals surface area (Å²) in [4.78, 5) is 16.5. The average molecular weight is 277 g/mol. The first-order valence-electron chi connectivity index (χ1n) is 6.58. The molecule has 3 heterocycles. The maximum absolute atomic E-state index is 12.2. The van der Waals surface area contributed by atoms with Gasteiger partial charge in [-0.15, -0.1) is 0 Å². The number of aryl methyl sites for hydroxylation is 1. The van der Waals surface area contributed by atoms with Crippen LogP contribution in [0.4, 0.5) is 0 Å². The maximum atomic E-state index is 12.2.